The van der Waals surface area contributed by atoms with Crippen molar-refractivity contribution in [2.75, 3.05) is 65.6 Å². The lowest BCUT2D eigenvalue weighted by Crippen LogP contribution is -2.57. The fraction of sp³-hybridized carbons (Fsp3) is 0.947. The number of nitrogens with two attached hydrogens (primary N) is 1. The molecule has 7 nitrogen and oxygen atoms in total. The van der Waals surface area contributed by atoms with Crippen molar-refractivity contribution in [2.24, 2.45) is 11.7 Å². The monoisotopic (exact) mass is 476 g/mol. The first-order chi connectivity index (χ1) is 12.5. The zero-order valence-corrected chi connectivity index (χ0v) is 20.1. The number of carbonyl (C=O) groups is 1. The Bertz CT molecular complexity index is 462. The van der Waals surface area contributed by atoms with Gasteiger partial charge in [-0.2, -0.15) is 0 Å². The predicted octanol–water partition coefficient (Wildman–Crippen LogP) is 1.26. The molecule has 0 aliphatic carbocycles. The van der Waals surface area contributed by atoms with E-state index in [4.69, 9.17) is 15.2 Å². The molecule has 3 fully saturated rings. The summed E-state index contributed by atoms with van der Waals surface area (Å²) in [4.78, 5) is 19.6. The second-order valence-corrected chi connectivity index (χ2v) is 8.18. The van der Waals surface area contributed by atoms with Crippen LogP contribution < -0.4 is 5.73 Å². The number of nitrogens with zero attached hydrogens (tertiary/aromatic N) is 3. The average Bonchev–Trinajstić information content (AvgIpc) is 2.68. The van der Waals surface area contributed by atoms with Crippen LogP contribution >= 0.6 is 37.2 Å². The van der Waals surface area contributed by atoms with E-state index < -0.39 is 0 Å². The number of hydrogen-bond donors (Lipinski definition) is 1. The normalized spacial score (nSPS) is 25.5. The quantitative estimate of drug-likeness (QED) is 0.643. The van der Waals surface area contributed by atoms with Gasteiger partial charge in [-0.15, -0.1) is 37.2 Å². The summed E-state index contributed by atoms with van der Waals surface area (Å²) in [6, 6.07) is 0.203. The number of halogens is 3. The van der Waals surface area contributed by atoms with Crippen molar-refractivity contribution in [3.8, 4) is 0 Å². The van der Waals surface area contributed by atoms with Gasteiger partial charge in [0, 0.05) is 65.1 Å². The van der Waals surface area contributed by atoms with E-state index in [0.717, 1.165) is 78.5 Å². The molecule has 1 amide bonds. The van der Waals surface area contributed by atoms with Crippen LogP contribution in [0.1, 0.15) is 26.7 Å². The Kier molecular flexibility index (Phi) is 14.3. The Balaban J connectivity index is 0.00000261. The topological polar surface area (TPSA) is 71.3 Å². The second kappa shape index (κ2) is 14.2. The minimum atomic E-state index is -0.369. The van der Waals surface area contributed by atoms with E-state index >= 15 is 0 Å². The first kappa shape index (κ1) is 29.1. The number of ether oxygens (including phenoxy) is 2. The first-order valence-electron chi connectivity index (χ1n) is 10.2. The SMILES string of the molecule is CC(C)N1CCOC(CN2CCN(C(=O)C(N)C3CCOCC3)CC2)C1.Cl.Cl.Cl. The molecular formula is C19H39Cl3N4O3. The van der Waals surface area contributed by atoms with Crippen molar-refractivity contribution in [3.05, 3.63) is 0 Å². The van der Waals surface area contributed by atoms with Crippen LogP contribution in [0.25, 0.3) is 0 Å². The van der Waals surface area contributed by atoms with Gasteiger partial charge in [0.1, 0.15) is 0 Å². The molecule has 10 heteroatoms. The maximum atomic E-state index is 12.7. The van der Waals surface area contributed by atoms with Gasteiger partial charge >= 0.3 is 0 Å². The van der Waals surface area contributed by atoms with Gasteiger partial charge in [-0.1, -0.05) is 0 Å². The second-order valence-electron chi connectivity index (χ2n) is 8.18. The molecule has 29 heavy (non-hydrogen) atoms. The van der Waals surface area contributed by atoms with Crippen LogP contribution in [0.5, 0.6) is 0 Å². The van der Waals surface area contributed by atoms with Gasteiger partial charge in [-0.25, -0.2) is 0 Å². The van der Waals surface area contributed by atoms with Crippen molar-refractivity contribution >= 4 is 43.1 Å². The highest BCUT2D eigenvalue weighted by atomic mass is 35.5. The summed E-state index contributed by atoms with van der Waals surface area (Å²) in [5.41, 5.74) is 6.26. The van der Waals surface area contributed by atoms with Crippen LogP contribution in [0.4, 0.5) is 0 Å². The number of amides is 1. The molecule has 0 aromatic rings. The lowest BCUT2D eigenvalue weighted by molar-refractivity contribution is -0.137. The van der Waals surface area contributed by atoms with Crippen LogP contribution in [-0.2, 0) is 14.3 Å². The number of rotatable bonds is 5. The average molecular weight is 478 g/mol. The highest BCUT2D eigenvalue weighted by molar-refractivity contribution is 5.86. The molecule has 2 atom stereocenters. The molecule has 3 aliphatic heterocycles. The highest BCUT2D eigenvalue weighted by Crippen LogP contribution is 2.20. The van der Waals surface area contributed by atoms with E-state index in [1.165, 1.54) is 0 Å². The van der Waals surface area contributed by atoms with Crippen molar-refractivity contribution in [1.29, 1.82) is 0 Å². The first-order valence-corrected chi connectivity index (χ1v) is 10.2. The van der Waals surface area contributed by atoms with E-state index in [-0.39, 0.29) is 61.2 Å². The van der Waals surface area contributed by atoms with Crippen molar-refractivity contribution in [3.63, 3.8) is 0 Å². The Labute approximate surface area is 194 Å². The molecule has 2 unspecified atom stereocenters. The van der Waals surface area contributed by atoms with Crippen LogP contribution in [0.15, 0.2) is 0 Å². The molecule has 3 rings (SSSR count). The van der Waals surface area contributed by atoms with Crippen molar-refractivity contribution < 1.29 is 14.3 Å². The molecule has 0 saturated carbocycles. The summed E-state index contributed by atoms with van der Waals surface area (Å²) in [6.45, 7) is 13.1. The summed E-state index contributed by atoms with van der Waals surface area (Å²) in [7, 11) is 0. The smallest absolute Gasteiger partial charge is 0.239 e. The molecule has 3 heterocycles. The van der Waals surface area contributed by atoms with E-state index in [1.807, 2.05) is 4.90 Å². The molecule has 3 saturated heterocycles. The molecule has 0 bridgehead atoms. The van der Waals surface area contributed by atoms with Gasteiger partial charge in [0.15, 0.2) is 0 Å². The molecular weight excluding hydrogens is 439 g/mol. The molecule has 0 aromatic heterocycles. The minimum Gasteiger partial charge on any atom is -0.381 e. The maximum Gasteiger partial charge on any atom is 0.239 e. The third-order valence-electron chi connectivity index (χ3n) is 6.11. The summed E-state index contributed by atoms with van der Waals surface area (Å²) < 4.78 is 11.3. The molecule has 0 spiro atoms. The van der Waals surface area contributed by atoms with Gasteiger partial charge in [0.2, 0.25) is 5.91 Å². The van der Waals surface area contributed by atoms with Gasteiger partial charge in [-0.05, 0) is 32.6 Å². The fourth-order valence-corrected chi connectivity index (χ4v) is 4.25. The Morgan fingerprint density at radius 2 is 1.62 bits per heavy atom. The van der Waals surface area contributed by atoms with E-state index in [1.54, 1.807) is 0 Å². The summed E-state index contributed by atoms with van der Waals surface area (Å²) in [5, 5.41) is 0. The molecule has 0 radical (unpaired) electrons. The van der Waals surface area contributed by atoms with E-state index in [2.05, 4.69) is 23.6 Å². The predicted molar refractivity (Wildman–Crippen MR) is 123 cm³/mol. The standard InChI is InChI=1S/C19H36N4O3.3ClH/c1-15(2)23-9-12-26-17(14-23)13-21-5-7-22(8-6-21)19(24)18(20)16-3-10-25-11-4-16;;;/h15-18H,3-14,20H2,1-2H3;3*1H. The van der Waals surface area contributed by atoms with Crippen molar-refractivity contribution in [1.82, 2.24) is 14.7 Å². The lowest BCUT2D eigenvalue weighted by atomic mass is 9.91. The number of piperazine rings is 1. The minimum absolute atomic E-state index is 0. The zero-order valence-electron chi connectivity index (χ0n) is 17.7. The largest absolute Gasteiger partial charge is 0.381 e. The molecule has 3 aliphatic rings. The number of hydrogen-bond acceptors (Lipinski definition) is 6. The van der Waals surface area contributed by atoms with Gasteiger partial charge in [0.05, 0.1) is 18.8 Å². The van der Waals surface area contributed by atoms with Crippen LogP contribution in [0.3, 0.4) is 0 Å². The van der Waals surface area contributed by atoms with E-state index in [9.17, 15) is 4.79 Å². The Morgan fingerprint density at radius 1 is 1.00 bits per heavy atom. The van der Waals surface area contributed by atoms with E-state index in [0.29, 0.717) is 6.04 Å². The summed E-state index contributed by atoms with van der Waals surface area (Å²) in [6.07, 6.45) is 2.08. The van der Waals surface area contributed by atoms with Gasteiger partial charge in [-0.3, -0.25) is 14.6 Å². The van der Waals surface area contributed by atoms with Crippen molar-refractivity contribution in [2.45, 2.75) is 44.9 Å². The third kappa shape index (κ3) is 8.30. The Morgan fingerprint density at radius 3 is 2.21 bits per heavy atom. The van der Waals surface area contributed by atoms with Gasteiger partial charge < -0.3 is 20.1 Å². The number of carbonyl (C=O) groups excluding carboxylic acids is 1. The lowest BCUT2D eigenvalue weighted by Gasteiger charge is -2.41. The van der Waals surface area contributed by atoms with Crippen LogP contribution in [0, 0.1) is 5.92 Å². The Hall–Kier alpha value is 0.140. The fourth-order valence-electron chi connectivity index (χ4n) is 4.25. The van der Waals surface area contributed by atoms with Crippen LogP contribution in [0.2, 0.25) is 0 Å². The highest BCUT2D eigenvalue weighted by Gasteiger charge is 2.32. The zero-order chi connectivity index (χ0) is 18.5. The summed E-state index contributed by atoms with van der Waals surface area (Å²) in [5.74, 6) is 0.392. The maximum absolute atomic E-state index is 12.7. The number of morpholine rings is 1. The summed E-state index contributed by atoms with van der Waals surface area (Å²) >= 11 is 0. The molecule has 174 valence electrons. The molecule has 2 N–H and O–H groups in total. The van der Waals surface area contributed by atoms with Crippen LogP contribution in [-0.4, -0.2) is 104 Å². The van der Waals surface area contributed by atoms with Gasteiger partial charge in [0.25, 0.3) is 0 Å². The third-order valence-corrected chi connectivity index (χ3v) is 6.11. The molecule has 0 aromatic carbocycles.